The maximum atomic E-state index is 12.7. The molecule has 7 nitrogen and oxygen atoms in total. The Morgan fingerprint density at radius 1 is 1.03 bits per heavy atom. The van der Waals surface area contributed by atoms with E-state index in [2.05, 4.69) is 14.2 Å². The van der Waals surface area contributed by atoms with Crippen molar-refractivity contribution in [1.82, 2.24) is 0 Å². The van der Waals surface area contributed by atoms with Crippen molar-refractivity contribution in [3.63, 3.8) is 0 Å². The minimum Gasteiger partial charge on any atom is -0.449 e. The first kappa shape index (κ1) is 21.5. The van der Waals surface area contributed by atoms with E-state index < -0.39 is 33.2 Å². The first-order valence-electron chi connectivity index (χ1n) is 8.03. The lowest BCUT2D eigenvalue weighted by Crippen LogP contribution is -2.21. The molecule has 0 amide bonds. The van der Waals surface area contributed by atoms with Crippen LogP contribution in [0.3, 0.4) is 0 Å². The number of para-hydroxylation sites is 1. The number of benzene rings is 2. The molecule has 0 aliphatic rings. The Hall–Kier alpha value is -3.25. The molecule has 30 heavy (non-hydrogen) atoms. The fourth-order valence-electron chi connectivity index (χ4n) is 2.43. The van der Waals surface area contributed by atoms with E-state index in [0.29, 0.717) is 10.4 Å². The maximum absolute atomic E-state index is 12.7. The van der Waals surface area contributed by atoms with Gasteiger partial charge >= 0.3 is 12.5 Å². The van der Waals surface area contributed by atoms with Crippen LogP contribution in [0.15, 0.2) is 65.6 Å². The highest BCUT2D eigenvalue weighted by Gasteiger charge is 2.34. The molecule has 0 bridgehead atoms. The summed E-state index contributed by atoms with van der Waals surface area (Å²) in [5.41, 5.74) is 0.409. The van der Waals surface area contributed by atoms with Gasteiger partial charge < -0.3 is 14.6 Å². The second kappa shape index (κ2) is 8.24. The number of anilines is 1. The molecule has 1 heterocycles. The molecule has 0 spiro atoms. The van der Waals surface area contributed by atoms with Crippen molar-refractivity contribution < 1.29 is 41.0 Å². The van der Waals surface area contributed by atoms with Crippen molar-refractivity contribution in [3.05, 3.63) is 60.7 Å². The van der Waals surface area contributed by atoms with Crippen LogP contribution < -0.4 is 14.2 Å². The number of carboxylic acid groups (broad SMARTS) is 1. The van der Waals surface area contributed by atoms with Crippen LogP contribution in [0, 0.1) is 0 Å². The summed E-state index contributed by atoms with van der Waals surface area (Å²) in [5, 5.41) is 8.63. The molecule has 1 aromatic heterocycles. The van der Waals surface area contributed by atoms with E-state index in [1.807, 2.05) is 0 Å². The summed E-state index contributed by atoms with van der Waals surface area (Å²) in [6.07, 6.45) is -6.79. The lowest BCUT2D eigenvalue weighted by Gasteiger charge is -2.14. The number of sulfonamides is 1. The predicted molar refractivity (Wildman–Crippen MR) is 102 cm³/mol. The zero-order chi connectivity index (χ0) is 21.9. The number of halogens is 3. The van der Waals surface area contributed by atoms with Gasteiger partial charge in [-0.25, -0.2) is 13.2 Å². The standard InChI is InChI=1S/C18H12F3NO6S2/c19-18(20,21)28-13-8-4-5-9-15(13)30(25,26)22-12-10-14(11-6-2-1-3-7-11)29-16(12)27-17(23)24/h1-10,22H,(H,23,24). The molecule has 0 aliphatic heterocycles. The molecular weight excluding hydrogens is 447 g/mol. The minimum atomic E-state index is -5.11. The van der Waals surface area contributed by atoms with E-state index in [4.69, 9.17) is 5.11 Å². The summed E-state index contributed by atoms with van der Waals surface area (Å²) in [6, 6.07) is 14.1. The molecule has 3 rings (SSSR count). The Morgan fingerprint density at radius 2 is 1.67 bits per heavy atom. The molecule has 0 saturated carbocycles. The van der Waals surface area contributed by atoms with Crippen molar-refractivity contribution >= 4 is 33.2 Å². The highest BCUT2D eigenvalue weighted by molar-refractivity contribution is 7.92. The highest BCUT2D eigenvalue weighted by atomic mass is 32.2. The maximum Gasteiger partial charge on any atom is 0.573 e. The van der Waals surface area contributed by atoms with Gasteiger partial charge in [0.2, 0.25) is 5.06 Å². The molecule has 0 fully saturated rings. The summed E-state index contributed by atoms with van der Waals surface area (Å²) in [4.78, 5) is 10.7. The number of rotatable bonds is 6. The van der Waals surface area contributed by atoms with Gasteiger partial charge in [-0.05, 0) is 23.8 Å². The van der Waals surface area contributed by atoms with E-state index in [1.165, 1.54) is 18.2 Å². The van der Waals surface area contributed by atoms with Gasteiger partial charge in [-0.1, -0.05) is 53.8 Å². The van der Waals surface area contributed by atoms with Crippen LogP contribution in [0.2, 0.25) is 0 Å². The average Bonchev–Trinajstić information content (AvgIpc) is 3.02. The third kappa shape index (κ3) is 5.21. The van der Waals surface area contributed by atoms with Crippen LogP contribution in [0.5, 0.6) is 10.8 Å². The monoisotopic (exact) mass is 459 g/mol. The Balaban J connectivity index is 2.01. The lowest BCUT2D eigenvalue weighted by molar-refractivity contribution is -0.275. The van der Waals surface area contributed by atoms with E-state index in [1.54, 1.807) is 30.3 Å². The summed E-state index contributed by atoms with van der Waals surface area (Å²) < 4.78 is 73.8. The summed E-state index contributed by atoms with van der Waals surface area (Å²) in [7, 11) is -4.58. The van der Waals surface area contributed by atoms with Gasteiger partial charge in [0, 0.05) is 4.88 Å². The van der Waals surface area contributed by atoms with Crippen molar-refractivity contribution in [1.29, 1.82) is 0 Å². The third-order valence-electron chi connectivity index (χ3n) is 3.54. The number of nitrogens with one attached hydrogen (secondary N) is 1. The third-order valence-corrected chi connectivity index (χ3v) is 6.01. The van der Waals surface area contributed by atoms with Crippen molar-refractivity contribution in [2.24, 2.45) is 0 Å². The van der Waals surface area contributed by atoms with Gasteiger partial charge in [-0.3, -0.25) is 4.72 Å². The van der Waals surface area contributed by atoms with Gasteiger partial charge in [0.15, 0.2) is 0 Å². The van der Waals surface area contributed by atoms with E-state index in [9.17, 15) is 26.4 Å². The summed E-state index contributed by atoms with van der Waals surface area (Å²) in [6.45, 7) is 0. The van der Waals surface area contributed by atoms with Crippen LogP contribution >= 0.6 is 11.3 Å². The molecule has 0 unspecified atom stereocenters. The topological polar surface area (TPSA) is 102 Å². The fraction of sp³-hybridized carbons (Fsp3) is 0.0556. The molecule has 3 aromatic rings. The van der Waals surface area contributed by atoms with Gasteiger partial charge in [0.1, 0.15) is 16.3 Å². The van der Waals surface area contributed by atoms with Gasteiger partial charge in [-0.2, -0.15) is 0 Å². The molecule has 0 saturated heterocycles. The molecule has 12 heteroatoms. The van der Waals surface area contributed by atoms with Crippen LogP contribution in [0.25, 0.3) is 10.4 Å². The second-order valence-corrected chi connectivity index (χ2v) is 8.31. The predicted octanol–water partition coefficient (Wildman–Crippen LogP) is 5.17. The first-order chi connectivity index (χ1) is 14.0. The van der Waals surface area contributed by atoms with Crippen LogP contribution in [0.1, 0.15) is 0 Å². The zero-order valence-corrected chi connectivity index (χ0v) is 16.3. The van der Waals surface area contributed by atoms with Gasteiger partial charge in [0.25, 0.3) is 10.0 Å². The molecule has 2 N–H and O–H groups in total. The summed E-state index contributed by atoms with van der Waals surface area (Å²) in [5.74, 6) is -0.934. The van der Waals surface area contributed by atoms with Gasteiger partial charge in [0.05, 0.1) is 0 Å². The number of carbonyl (C=O) groups is 1. The Kier molecular flexibility index (Phi) is 5.89. The average molecular weight is 459 g/mol. The Morgan fingerprint density at radius 3 is 2.30 bits per heavy atom. The molecule has 2 aromatic carbocycles. The normalized spacial score (nSPS) is 11.7. The van der Waals surface area contributed by atoms with Gasteiger partial charge in [-0.15, -0.1) is 13.2 Å². The second-order valence-electron chi connectivity index (χ2n) is 5.65. The first-order valence-corrected chi connectivity index (χ1v) is 10.3. The lowest BCUT2D eigenvalue weighted by atomic mass is 10.2. The Labute approximate surface area is 172 Å². The van der Waals surface area contributed by atoms with Crippen molar-refractivity contribution in [3.8, 4) is 21.3 Å². The number of hydrogen-bond acceptors (Lipinski definition) is 6. The SMILES string of the molecule is O=C(O)Oc1sc(-c2ccccc2)cc1NS(=O)(=O)c1ccccc1OC(F)(F)F. The quantitative estimate of drug-likeness (QED) is 0.493. The smallest absolute Gasteiger partial charge is 0.449 e. The zero-order valence-electron chi connectivity index (χ0n) is 14.7. The largest absolute Gasteiger partial charge is 0.573 e. The number of thiophene rings is 1. The van der Waals surface area contributed by atoms with Crippen molar-refractivity contribution in [2.75, 3.05) is 4.72 Å². The van der Waals surface area contributed by atoms with Crippen LogP contribution in [0.4, 0.5) is 23.7 Å². The molecule has 0 aliphatic carbocycles. The molecular formula is C18H12F3NO6S2. The molecule has 0 radical (unpaired) electrons. The molecule has 0 atom stereocenters. The number of alkyl halides is 3. The van der Waals surface area contributed by atoms with Crippen LogP contribution in [-0.4, -0.2) is 26.0 Å². The van der Waals surface area contributed by atoms with E-state index in [0.717, 1.165) is 23.5 Å². The molecule has 158 valence electrons. The minimum absolute atomic E-state index is 0.247. The highest BCUT2D eigenvalue weighted by Crippen LogP contribution is 2.42. The summed E-state index contributed by atoms with van der Waals surface area (Å²) >= 11 is 0.850. The van der Waals surface area contributed by atoms with Crippen molar-refractivity contribution in [2.45, 2.75) is 11.3 Å². The Bertz CT molecular complexity index is 1160. The number of ether oxygens (including phenoxy) is 2. The fourth-order valence-corrected chi connectivity index (χ4v) is 4.64. The number of hydrogen-bond donors (Lipinski definition) is 2. The van der Waals surface area contributed by atoms with E-state index >= 15 is 0 Å². The van der Waals surface area contributed by atoms with Crippen LogP contribution in [-0.2, 0) is 10.0 Å². The van der Waals surface area contributed by atoms with E-state index in [-0.39, 0.29) is 10.8 Å².